The van der Waals surface area contributed by atoms with Gasteiger partial charge in [-0.15, -0.1) is 0 Å². The highest BCUT2D eigenvalue weighted by atomic mass is 19.1. The number of halogens is 2. The molecule has 0 unspecified atom stereocenters. The lowest BCUT2D eigenvalue weighted by Crippen LogP contribution is -2.28. The quantitative estimate of drug-likeness (QED) is 0.370. The smallest absolute Gasteiger partial charge is 0.335 e. The summed E-state index contributed by atoms with van der Waals surface area (Å²) in [5.74, 6) is -3.35. The minimum absolute atomic E-state index is 0.0677. The number of aromatic nitrogens is 4. The van der Waals surface area contributed by atoms with Crippen molar-refractivity contribution in [3.8, 4) is 22.8 Å². The molecule has 2 aromatic carbocycles. The third-order valence-corrected chi connectivity index (χ3v) is 5.17. The number of imidazole rings is 1. The molecule has 0 saturated heterocycles. The highest BCUT2D eigenvalue weighted by Gasteiger charge is 2.26. The summed E-state index contributed by atoms with van der Waals surface area (Å²) in [5, 5.41) is 0. The Morgan fingerprint density at radius 3 is 2.36 bits per heavy atom. The van der Waals surface area contributed by atoms with Crippen molar-refractivity contribution in [1.82, 2.24) is 19.1 Å². The summed E-state index contributed by atoms with van der Waals surface area (Å²) >= 11 is 0. The Morgan fingerprint density at radius 2 is 1.75 bits per heavy atom. The number of hydrogen-bond donors (Lipinski definition) is 1. The predicted molar refractivity (Wildman–Crippen MR) is 125 cm³/mol. The van der Waals surface area contributed by atoms with Crippen molar-refractivity contribution >= 4 is 23.0 Å². The largest absolute Gasteiger partial charge is 0.494 e. The van der Waals surface area contributed by atoms with Gasteiger partial charge in [0.2, 0.25) is 0 Å². The third kappa shape index (κ3) is 4.52. The van der Waals surface area contributed by atoms with E-state index in [1.54, 1.807) is 31.2 Å². The molecule has 0 fully saturated rings. The van der Waals surface area contributed by atoms with Crippen LogP contribution in [0.5, 0.6) is 5.75 Å². The van der Waals surface area contributed by atoms with Crippen molar-refractivity contribution in [2.45, 2.75) is 20.4 Å². The summed E-state index contributed by atoms with van der Waals surface area (Å²) in [6, 6.07) is 9.13. The summed E-state index contributed by atoms with van der Waals surface area (Å²) in [6.45, 7) is 3.37. The number of nitrogens with zero attached hydrogens (tertiary/aromatic N) is 4. The van der Waals surface area contributed by atoms with Crippen molar-refractivity contribution in [2.75, 3.05) is 13.2 Å². The first-order valence-corrected chi connectivity index (χ1v) is 10.9. The molecule has 36 heavy (non-hydrogen) atoms. The normalized spacial score (nSPS) is 11.0. The monoisotopic (exact) mass is 497 g/mol. The van der Waals surface area contributed by atoms with Crippen molar-refractivity contribution in [1.29, 1.82) is 0 Å². The molecule has 0 aliphatic carbocycles. The number of ether oxygens (including phenoxy) is 2. The van der Waals surface area contributed by atoms with Gasteiger partial charge in [-0.1, -0.05) is 0 Å². The topological polar surface area (TPSA) is 131 Å². The van der Waals surface area contributed by atoms with Gasteiger partial charge in [-0.05, 0) is 50.2 Å². The summed E-state index contributed by atoms with van der Waals surface area (Å²) in [7, 11) is 0. The number of fused-ring (bicyclic) bond motifs is 1. The fraction of sp³-hybridized carbons (Fsp3) is 0.208. The first-order valence-electron chi connectivity index (χ1n) is 10.9. The number of rotatable bonds is 8. The maximum Gasteiger partial charge on any atom is 0.335 e. The van der Waals surface area contributed by atoms with E-state index in [9.17, 15) is 23.2 Å². The van der Waals surface area contributed by atoms with Crippen LogP contribution in [0.25, 0.3) is 28.2 Å². The zero-order valence-corrected chi connectivity index (χ0v) is 19.3. The second kappa shape index (κ2) is 9.94. The predicted octanol–water partition coefficient (Wildman–Crippen LogP) is 2.59. The minimum atomic E-state index is -1.05. The third-order valence-electron chi connectivity index (χ3n) is 5.17. The first kappa shape index (κ1) is 24.5. The molecule has 0 aliphatic rings. The molecule has 0 aliphatic heterocycles. The Balaban J connectivity index is 2.06. The van der Waals surface area contributed by atoms with E-state index in [0.717, 1.165) is 21.3 Å². The number of hydrogen-bond acceptors (Lipinski definition) is 7. The molecule has 2 heterocycles. The maximum absolute atomic E-state index is 14.6. The Hall–Kier alpha value is -4.61. The minimum Gasteiger partial charge on any atom is -0.494 e. The number of nitrogens with two attached hydrogens (primary N) is 1. The number of primary amides is 1. The molecule has 10 nitrogen and oxygen atoms in total. The molecule has 2 N–H and O–H groups in total. The van der Waals surface area contributed by atoms with Gasteiger partial charge in [-0.2, -0.15) is 0 Å². The van der Waals surface area contributed by atoms with Gasteiger partial charge in [-0.25, -0.2) is 28.1 Å². The summed E-state index contributed by atoms with van der Waals surface area (Å²) in [5.41, 5.74) is 4.24. The number of carbonyl (C=O) groups is 2. The molecule has 0 spiro atoms. The Kier molecular flexibility index (Phi) is 6.77. The van der Waals surface area contributed by atoms with E-state index >= 15 is 0 Å². The van der Waals surface area contributed by atoms with Gasteiger partial charge in [0.15, 0.2) is 17.2 Å². The van der Waals surface area contributed by atoms with Crippen LogP contribution in [0, 0.1) is 11.6 Å². The van der Waals surface area contributed by atoms with Crippen LogP contribution in [0.2, 0.25) is 0 Å². The van der Waals surface area contributed by atoms with Gasteiger partial charge in [0, 0.05) is 6.07 Å². The van der Waals surface area contributed by atoms with Crippen LogP contribution in [-0.4, -0.2) is 44.2 Å². The molecule has 0 saturated carbocycles. The van der Waals surface area contributed by atoms with Crippen LogP contribution in [0.1, 0.15) is 24.3 Å². The number of carbonyl (C=O) groups excluding carboxylic acids is 2. The van der Waals surface area contributed by atoms with Crippen LogP contribution in [-0.2, 0) is 16.1 Å². The fourth-order valence-electron chi connectivity index (χ4n) is 3.69. The average molecular weight is 497 g/mol. The standard InChI is InChI=1S/C24H21F2N5O5/c1-3-35-15-8-6-14(7-9-15)31-23-20(30(24(31)34)12-18(32)36-4-2)19(21(27)33)28-22(29-23)16-10-5-13(25)11-17(16)26/h5-11H,3-4,12H2,1-2H3,(H2,27,33). The van der Waals surface area contributed by atoms with Crippen molar-refractivity contribution in [3.63, 3.8) is 0 Å². The van der Waals surface area contributed by atoms with E-state index in [-0.39, 0.29) is 29.2 Å². The fourth-order valence-corrected chi connectivity index (χ4v) is 3.69. The average Bonchev–Trinajstić information content (AvgIpc) is 3.10. The van der Waals surface area contributed by atoms with Crippen LogP contribution in [0.3, 0.4) is 0 Å². The summed E-state index contributed by atoms with van der Waals surface area (Å²) in [4.78, 5) is 46.6. The maximum atomic E-state index is 14.6. The van der Waals surface area contributed by atoms with Crippen LogP contribution >= 0.6 is 0 Å². The molecule has 4 aromatic rings. The van der Waals surface area contributed by atoms with Crippen molar-refractivity contribution in [3.05, 3.63) is 70.3 Å². The highest BCUT2D eigenvalue weighted by molar-refractivity contribution is 6.02. The highest BCUT2D eigenvalue weighted by Crippen LogP contribution is 2.26. The van der Waals surface area contributed by atoms with Gasteiger partial charge < -0.3 is 15.2 Å². The van der Waals surface area contributed by atoms with Crippen LogP contribution < -0.4 is 16.2 Å². The molecule has 12 heteroatoms. The van der Waals surface area contributed by atoms with Crippen molar-refractivity contribution < 1.29 is 27.8 Å². The van der Waals surface area contributed by atoms with E-state index in [0.29, 0.717) is 24.1 Å². The number of amides is 1. The summed E-state index contributed by atoms with van der Waals surface area (Å²) in [6.07, 6.45) is 0. The van der Waals surface area contributed by atoms with Crippen molar-refractivity contribution in [2.24, 2.45) is 5.73 Å². The van der Waals surface area contributed by atoms with Crippen LogP contribution in [0.15, 0.2) is 47.3 Å². The Bertz CT molecular complexity index is 1530. The second-order valence-electron chi connectivity index (χ2n) is 7.49. The molecule has 0 radical (unpaired) electrons. The van der Waals surface area contributed by atoms with Crippen LogP contribution in [0.4, 0.5) is 8.78 Å². The zero-order valence-electron chi connectivity index (χ0n) is 19.3. The SMILES string of the molecule is CCOC(=O)Cn1c(=O)n(-c2ccc(OCC)cc2)c2nc(-c3ccc(F)cc3F)nc(C(N)=O)c21. The number of esters is 1. The zero-order chi connectivity index (χ0) is 26.0. The Labute approximate surface area is 202 Å². The molecular weight excluding hydrogens is 476 g/mol. The molecule has 0 bridgehead atoms. The van der Waals surface area contributed by atoms with E-state index in [1.807, 2.05) is 6.92 Å². The molecule has 0 atom stereocenters. The van der Waals surface area contributed by atoms with E-state index in [2.05, 4.69) is 9.97 Å². The number of benzene rings is 2. The van der Waals surface area contributed by atoms with E-state index < -0.39 is 41.4 Å². The van der Waals surface area contributed by atoms with E-state index in [1.165, 1.54) is 0 Å². The van der Waals surface area contributed by atoms with Gasteiger partial charge >= 0.3 is 11.7 Å². The Morgan fingerprint density at radius 1 is 1.03 bits per heavy atom. The molecule has 186 valence electrons. The lowest BCUT2D eigenvalue weighted by atomic mass is 10.2. The van der Waals surface area contributed by atoms with Gasteiger partial charge in [-0.3, -0.25) is 14.2 Å². The van der Waals surface area contributed by atoms with Gasteiger partial charge in [0.05, 0.1) is 24.5 Å². The van der Waals surface area contributed by atoms with Gasteiger partial charge in [0.25, 0.3) is 5.91 Å². The molecule has 1 amide bonds. The lowest BCUT2D eigenvalue weighted by Gasteiger charge is -2.09. The molecular formula is C24H21F2N5O5. The van der Waals surface area contributed by atoms with E-state index in [4.69, 9.17) is 15.2 Å². The second-order valence-corrected chi connectivity index (χ2v) is 7.49. The van der Waals surface area contributed by atoms with Gasteiger partial charge in [0.1, 0.15) is 29.4 Å². The first-order chi connectivity index (χ1) is 17.2. The molecule has 2 aromatic heterocycles. The molecule has 4 rings (SSSR count). The summed E-state index contributed by atoms with van der Waals surface area (Å²) < 4.78 is 40.5. The lowest BCUT2D eigenvalue weighted by molar-refractivity contribution is -0.143.